The molecule has 0 aromatic carbocycles. The molecule has 1 aliphatic rings. The maximum atomic E-state index is 12.4. The number of imidazole rings is 1. The fourth-order valence-corrected chi connectivity index (χ4v) is 2.78. The summed E-state index contributed by atoms with van der Waals surface area (Å²) in [6, 6.07) is 0. The molecule has 0 saturated carbocycles. The minimum Gasteiger partial charge on any atom is -0.385 e. The van der Waals surface area contributed by atoms with E-state index in [1.54, 1.807) is 7.11 Å². The van der Waals surface area contributed by atoms with Gasteiger partial charge in [-0.15, -0.1) is 0 Å². The lowest BCUT2D eigenvalue weighted by atomic mass is 10.1. The first-order chi connectivity index (χ1) is 11.5. The molecule has 1 aromatic rings. The molecule has 0 radical (unpaired) electrons. The smallest absolute Gasteiger partial charge is 0.287 e. The zero-order chi connectivity index (χ0) is 17.5. The van der Waals surface area contributed by atoms with Gasteiger partial charge in [-0.2, -0.15) is 0 Å². The minimum atomic E-state index is -0.209. The Balaban J connectivity index is 2.13. The molecule has 0 saturated heterocycles. The number of hydrogen-bond donors (Lipinski definition) is 2. The molecule has 0 aliphatic carbocycles. The third-order valence-corrected chi connectivity index (χ3v) is 4.02. The van der Waals surface area contributed by atoms with Crippen LogP contribution in [0.15, 0.2) is 0 Å². The van der Waals surface area contributed by atoms with Crippen molar-refractivity contribution in [2.24, 2.45) is 5.92 Å². The first kappa shape index (κ1) is 18.4. The van der Waals surface area contributed by atoms with Gasteiger partial charge in [0.15, 0.2) is 5.82 Å². The standard InChI is InChI=1S/C17H28N4O3/c1-12(2)11-19-17(23)15-20-14(13-7-4-5-9-21(13)15)16(22)18-8-6-10-24-3/h12H,4-11H2,1-3H3,(H,18,22)(H,19,23). The van der Waals surface area contributed by atoms with E-state index < -0.39 is 0 Å². The lowest BCUT2D eigenvalue weighted by Crippen LogP contribution is -2.30. The van der Waals surface area contributed by atoms with Gasteiger partial charge in [-0.1, -0.05) is 13.8 Å². The number of nitrogens with one attached hydrogen (secondary N) is 2. The molecular formula is C17H28N4O3. The average Bonchev–Trinajstić information content (AvgIpc) is 2.96. The molecule has 0 spiro atoms. The summed E-state index contributed by atoms with van der Waals surface area (Å²) in [5, 5.41) is 5.75. The van der Waals surface area contributed by atoms with E-state index in [2.05, 4.69) is 15.6 Å². The monoisotopic (exact) mass is 336 g/mol. The van der Waals surface area contributed by atoms with Crippen LogP contribution in [0.25, 0.3) is 0 Å². The first-order valence-electron chi connectivity index (χ1n) is 8.69. The molecular weight excluding hydrogens is 308 g/mol. The highest BCUT2D eigenvalue weighted by molar-refractivity contribution is 5.97. The number of hydrogen-bond acceptors (Lipinski definition) is 4. The van der Waals surface area contributed by atoms with Gasteiger partial charge in [-0.3, -0.25) is 9.59 Å². The van der Waals surface area contributed by atoms with Gasteiger partial charge in [-0.25, -0.2) is 4.98 Å². The van der Waals surface area contributed by atoms with Crippen LogP contribution in [-0.4, -0.2) is 48.2 Å². The second-order valence-corrected chi connectivity index (χ2v) is 6.55. The molecule has 0 bridgehead atoms. The summed E-state index contributed by atoms with van der Waals surface area (Å²) in [6.07, 6.45) is 3.55. The second kappa shape index (κ2) is 8.82. The van der Waals surface area contributed by atoms with Crippen LogP contribution in [0.3, 0.4) is 0 Å². The van der Waals surface area contributed by atoms with Crippen molar-refractivity contribution in [3.8, 4) is 0 Å². The van der Waals surface area contributed by atoms with Crippen molar-refractivity contribution in [2.75, 3.05) is 26.8 Å². The average molecular weight is 336 g/mol. The summed E-state index contributed by atoms with van der Waals surface area (Å²) in [5.74, 6) is 0.311. The van der Waals surface area contributed by atoms with Gasteiger partial charge in [0.25, 0.3) is 11.8 Å². The van der Waals surface area contributed by atoms with E-state index in [9.17, 15) is 9.59 Å². The Labute approximate surface area is 143 Å². The third-order valence-electron chi connectivity index (χ3n) is 4.02. The van der Waals surface area contributed by atoms with Gasteiger partial charge in [0.05, 0.1) is 5.69 Å². The molecule has 0 atom stereocenters. The highest BCUT2D eigenvalue weighted by Crippen LogP contribution is 2.21. The Morgan fingerprint density at radius 3 is 2.75 bits per heavy atom. The lowest BCUT2D eigenvalue weighted by Gasteiger charge is -2.17. The summed E-state index contributed by atoms with van der Waals surface area (Å²) < 4.78 is 6.88. The fraction of sp³-hybridized carbons (Fsp3) is 0.706. The molecule has 2 N–H and O–H groups in total. The van der Waals surface area contributed by atoms with Crippen molar-refractivity contribution in [2.45, 2.75) is 46.1 Å². The Kier molecular flexibility index (Phi) is 6.78. The maximum absolute atomic E-state index is 12.4. The van der Waals surface area contributed by atoms with Gasteiger partial charge in [-0.05, 0) is 31.6 Å². The van der Waals surface area contributed by atoms with Crippen LogP contribution in [0.2, 0.25) is 0 Å². The molecule has 0 fully saturated rings. The number of carbonyl (C=O) groups excluding carboxylic acids is 2. The SMILES string of the molecule is COCCCNC(=O)c1nc(C(=O)NCC(C)C)n2c1CCCC2. The van der Waals surface area contributed by atoms with E-state index >= 15 is 0 Å². The van der Waals surface area contributed by atoms with Gasteiger partial charge in [0.1, 0.15) is 5.69 Å². The van der Waals surface area contributed by atoms with E-state index in [0.717, 1.165) is 37.9 Å². The van der Waals surface area contributed by atoms with Crippen LogP contribution < -0.4 is 10.6 Å². The Morgan fingerprint density at radius 2 is 2.04 bits per heavy atom. The van der Waals surface area contributed by atoms with Gasteiger partial charge in [0, 0.05) is 33.4 Å². The normalized spacial score (nSPS) is 13.7. The van der Waals surface area contributed by atoms with E-state index in [0.29, 0.717) is 37.1 Å². The van der Waals surface area contributed by atoms with Crippen LogP contribution in [0.1, 0.15) is 59.9 Å². The second-order valence-electron chi connectivity index (χ2n) is 6.55. The number of nitrogens with zero attached hydrogens (tertiary/aromatic N) is 2. The Hall–Kier alpha value is -1.89. The molecule has 2 heterocycles. The number of rotatable bonds is 8. The zero-order valence-electron chi connectivity index (χ0n) is 14.9. The van der Waals surface area contributed by atoms with E-state index in [1.807, 2.05) is 18.4 Å². The van der Waals surface area contributed by atoms with E-state index in [-0.39, 0.29) is 11.8 Å². The van der Waals surface area contributed by atoms with Crippen molar-refractivity contribution in [1.82, 2.24) is 20.2 Å². The number of ether oxygens (including phenoxy) is 1. The first-order valence-corrected chi connectivity index (χ1v) is 8.69. The molecule has 2 amide bonds. The van der Waals surface area contributed by atoms with Crippen molar-refractivity contribution in [3.05, 3.63) is 17.2 Å². The van der Waals surface area contributed by atoms with Crippen molar-refractivity contribution in [1.29, 1.82) is 0 Å². The zero-order valence-corrected chi connectivity index (χ0v) is 14.9. The molecule has 1 aliphatic heterocycles. The summed E-state index contributed by atoms with van der Waals surface area (Å²) in [6.45, 7) is 6.56. The number of amides is 2. The molecule has 7 nitrogen and oxygen atoms in total. The maximum Gasteiger partial charge on any atom is 0.287 e. The number of carbonyl (C=O) groups is 2. The quantitative estimate of drug-likeness (QED) is 0.702. The Bertz CT molecular complexity index is 581. The van der Waals surface area contributed by atoms with Gasteiger partial charge in [0.2, 0.25) is 0 Å². The summed E-state index contributed by atoms with van der Waals surface area (Å²) in [5.41, 5.74) is 1.27. The van der Waals surface area contributed by atoms with Crippen LogP contribution >= 0.6 is 0 Å². The van der Waals surface area contributed by atoms with E-state index in [4.69, 9.17) is 4.74 Å². The van der Waals surface area contributed by atoms with Crippen LogP contribution in [-0.2, 0) is 17.7 Å². The van der Waals surface area contributed by atoms with Gasteiger partial charge >= 0.3 is 0 Å². The molecule has 2 rings (SSSR count). The summed E-state index contributed by atoms with van der Waals surface area (Å²) in [4.78, 5) is 29.2. The summed E-state index contributed by atoms with van der Waals surface area (Å²) in [7, 11) is 1.63. The van der Waals surface area contributed by atoms with Crippen LogP contribution in [0, 0.1) is 5.92 Å². The Morgan fingerprint density at radius 1 is 1.25 bits per heavy atom. The lowest BCUT2D eigenvalue weighted by molar-refractivity contribution is 0.0933. The van der Waals surface area contributed by atoms with Crippen molar-refractivity contribution >= 4 is 11.8 Å². The van der Waals surface area contributed by atoms with E-state index in [1.165, 1.54) is 0 Å². The summed E-state index contributed by atoms with van der Waals surface area (Å²) >= 11 is 0. The molecule has 0 unspecified atom stereocenters. The van der Waals surface area contributed by atoms with Gasteiger partial charge < -0.3 is 19.9 Å². The van der Waals surface area contributed by atoms with Crippen LogP contribution in [0.4, 0.5) is 0 Å². The molecule has 24 heavy (non-hydrogen) atoms. The predicted molar refractivity (Wildman–Crippen MR) is 91.2 cm³/mol. The molecule has 134 valence electrons. The van der Waals surface area contributed by atoms with Crippen molar-refractivity contribution < 1.29 is 14.3 Å². The molecule has 1 aromatic heterocycles. The minimum absolute atomic E-state index is 0.203. The number of methoxy groups -OCH3 is 1. The fourth-order valence-electron chi connectivity index (χ4n) is 2.78. The highest BCUT2D eigenvalue weighted by atomic mass is 16.5. The topological polar surface area (TPSA) is 85.2 Å². The third kappa shape index (κ3) is 4.56. The largest absolute Gasteiger partial charge is 0.385 e. The predicted octanol–water partition coefficient (Wildman–Crippen LogP) is 1.37. The van der Waals surface area contributed by atoms with Crippen molar-refractivity contribution in [3.63, 3.8) is 0 Å². The highest BCUT2D eigenvalue weighted by Gasteiger charge is 2.27. The number of fused-ring (bicyclic) bond motifs is 1. The number of aromatic nitrogens is 2. The molecule has 7 heteroatoms. The van der Waals surface area contributed by atoms with Crippen LogP contribution in [0.5, 0.6) is 0 Å².